The highest BCUT2D eigenvalue weighted by Crippen LogP contribution is 2.23. The summed E-state index contributed by atoms with van der Waals surface area (Å²) in [6.07, 6.45) is 8.38. The van der Waals surface area contributed by atoms with Crippen LogP contribution in [0, 0.1) is 12.7 Å². The Kier molecular flexibility index (Phi) is 5.34. The van der Waals surface area contributed by atoms with Gasteiger partial charge < -0.3 is 10.3 Å². The Morgan fingerprint density at radius 3 is 2.38 bits per heavy atom. The Morgan fingerprint density at radius 1 is 1.08 bits per heavy atom. The third kappa shape index (κ3) is 4.05. The topological polar surface area (TPSA) is 44.9 Å². The zero-order valence-electron chi connectivity index (χ0n) is 14.2. The molecule has 1 amide bonds. The summed E-state index contributed by atoms with van der Waals surface area (Å²) in [6.45, 7) is 1.90. The molecule has 0 radical (unpaired) electrons. The average molecular weight is 328 g/mol. The predicted molar refractivity (Wildman–Crippen MR) is 94.5 cm³/mol. The molecular formula is C20H25FN2O. The second-order valence-electron chi connectivity index (χ2n) is 6.74. The predicted octanol–water partition coefficient (Wildman–Crippen LogP) is 4.97. The molecule has 1 fully saturated rings. The van der Waals surface area contributed by atoms with Crippen LogP contribution >= 0.6 is 0 Å². The minimum Gasteiger partial charge on any atom is -0.358 e. The second kappa shape index (κ2) is 7.65. The van der Waals surface area contributed by atoms with Crippen LogP contribution in [0.1, 0.15) is 61.0 Å². The van der Waals surface area contributed by atoms with Gasteiger partial charge >= 0.3 is 0 Å². The van der Waals surface area contributed by atoms with E-state index in [4.69, 9.17) is 0 Å². The second-order valence-corrected chi connectivity index (χ2v) is 6.74. The van der Waals surface area contributed by atoms with Crippen molar-refractivity contribution in [3.8, 4) is 11.3 Å². The summed E-state index contributed by atoms with van der Waals surface area (Å²) in [5.41, 5.74) is 3.24. The van der Waals surface area contributed by atoms with Gasteiger partial charge in [0.1, 0.15) is 5.82 Å². The average Bonchev–Trinajstić information content (AvgIpc) is 2.92. The van der Waals surface area contributed by atoms with E-state index in [1.54, 1.807) is 12.1 Å². The Morgan fingerprint density at radius 2 is 1.71 bits per heavy atom. The quantitative estimate of drug-likeness (QED) is 0.821. The van der Waals surface area contributed by atoms with Crippen molar-refractivity contribution >= 4 is 5.91 Å². The van der Waals surface area contributed by atoms with Crippen LogP contribution < -0.4 is 5.32 Å². The van der Waals surface area contributed by atoms with Crippen molar-refractivity contribution in [2.75, 3.05) is 0 Å². The minimum absolute atomic E-state index is 0.0114. The van der Waals surface area contributed by atoms with E-state index < -0.39 is 0 Å². The van der Waals surface area contributed by atoms with Crippen LogP contribution in [0.25, 0.3) is 11.3 Å². The van der Waals surface area contributed by atoms with Gasteiger partial charge in [0.25, 0.3) is 5.91 Å². The number of benzene rings is 1. The van der Waals surface area contributed by atoms with E-state index in [1.807, 2.05) is 13.0 Å². The maximum atomic E-state index is 13.1. The van der Waals surface area contributed by atoms with E-state index in [0.717, 1.165) is 29.8 Å². The fraction of sp³-hybridized carbons (Fsp3) is 0.450. The molecule has 128 valence electrons. The molecule has 0 aliphatic heterocycles. The standard InChI is InChI=1S/C20H25FN2O/c1-14-18(13-19(22-14)15-9-11-16(21)12-10-15)20(24)23-17-7-5-3-2-4-6-8-17/h9-13,17,22H,2-8H2,1H3,(H,23,24). The number of aromatic amines is 1. The van der Waals surface area contributed by atoms with Crippen LogP contribution in [0.2, 0.25) is 0 Å². The van der Waals surface area contributed by atoms with Crippen LogP contribution in [-0.2, 0) is 0 Å². The maximum absolute atomic E-state index is 13.1. The lowest BCUT2D eigenvalue weighted by atomic mass is 9.96. The smallest absolute Gasteiger partial charge is 0.253 e. The number of hydrogen-bond donors (Lipinski definition) is 2. The normalized spacial score (nSPS) is 16.4. The highest BCUT2D eigenvalue weighted by atomic mass is 19.1. The summed E-state index contributed by atoms with van der Waals surface area (Å²) in [5, 5.41) is 3.20. The largest absolute Gasteiger partial charge is 0.358 e. The lowest BCUT2D eigenvalue weighted by Gasteiger charge is -2.20. The Bertz CT molecular complexity index is 682. The molecule has 0 atom stereocenters. The number of H-pyrrole nitrogens is 1. The van der Waals surface area contributed by atoms with Crippen molar-refractivity contribution in [3.05, 3.63) is 47.4 Å². The maximum Gasteiger partial charge on any atom is 0.253 e. The molecule has 0 spiro atoms. The Hall–Kier alpha value is -2.10. The van der Waals surface area contributed by atoms with Crippen LogP contribution in [0.5, 0.6) is 0 Å². The molecular weight excluding hydrogens is 303 g/mol. The van der Waals surface area contributed by atoms with E-state index >= 15 is 0 Å². The van der Waals surface area contributed by atoms with Gasteiger partial charge in [-0.2, -0.15) is 0 Å². The third-order valence-electron chi connectivity index (χ3n) is 4.86. The third-order valence-corrected chi connectivity index (χ3v) is 4.86. The molecule has 0 unspecified atom stereocenters. The lowest BCUT2D eigenvalue weighted by molar-refractivity contribution is 0.0930. The van der Waals surface area contributed by atoms with E-state index in [2.05, 4.69) is 10.3 Å². The van der Waals surface area contributed by atoms with Gasteiger partial charge in [-0.15, -0.1) is 0 Å². The highest BCUT2D eigenvalue weighted by Gasteiger charge is 2.18. The van der Waals surface area contributed by atoms with E-state index in [0.29, 0.717) is 5.56 Å². The van der Waals surface area contributed by atoms with Gasteiger partial charge in [-0.25, -0.2) is 4.39 Å². The molecule has 0 saturated heterocycles. The molecule has 1 aliphatic carbocycles. The SMILES string of the molecule is Cc1[nH]c(-c2ccc(F)cc2)cc1C(=O)NC1CCCCCCC1. The van der Waals surface area contributed by atoms with E-state index in [1.165, 1.54) is 44.2 Å². The van der Waals surface area contributed by atoms with Crippen molar-refractivity contribution in [1.29, 1.82) is 0 Å². The molecule has 1 aliphatic rings. The van der Waals surface area contributed by atoms with Gasteiger partial charge in [0.05, 0.1) is 5.56 Å². The van der Waals surface area contributed by atoms with Gasteiger partial charge in [-0.1, -0.05) is 32.1 Å². The Labute approximate surface area is 142 Å². The lowest BCUT2D eigenvalue weighted by Crippen LogP contribution is -2.35. The number of amides is 1. The monoisotopic (exact) mass is 328 g/mol. The molecule has 1 aromatic carbocycles. The van der Waals surface area contributed by atoms with E-state index in [9.17, 15) is 9.18 Å². The van der Waals surface area contributed by atoms with Crippen LogP contribution in [-0.4, -0.2) is 16.9 Å². The number of carbonyl (C=O) groups is 1. The molecule has 4 heteroatoms. The molecule has 2 N–H and O–H groups in total. The number of carbonyl (C=O) groups excluding carboxylic acids is 1. The number of aromatic nitrogens is 1. The number of hydrogen-bond acceptors (Lipinski definition) is 1. The number of aryl methyl sites for hydroxylation is 1. The van der Waals surface area contributed by atoms with Gasteiger partial charge in [-0.3, -0.25) is 4.79 Å². The summed E-state index contributed by atoms with van der Waals surface area (Å²) in [6, 6.07) is 8.44. The number of nitrogens with one attached hydrogen (secondary N) is 2. The summed E-state index contributed by atoms with van der Waals surface area (Å²) in [4.78, 5) is 15.9. The molecule has 0 bridgehead atoms. The number of rotatable bonds is 3. The fourth-order valence-corrected chi connectivity index (χ4v) is 3.44. The van der Waals surface area contributed by atoms with Crippen molar-refractivity contribution in [2.24, 2.45) is 0 Å². The fourth-order valence-electron chi connectivity index (χ4n) is 3.44. The molecule has 3 rings (SSSR count). The van der Waals surface area contributed by atoms with Crippen LogP contribution in [0.15, 0.2) is 30.3 Å². The molecule has 3 nitrogen and oxygen atoms in total. The summed E-state index contributed by atoms with van der Waals surface area (Å²) in [7, 11) is 0. The number of halogens is 1. The first-order valence-electron chi connectivity index (χ1n) is 8.90. The Balaban J connectivity index is 1.71. The molecule has 1 aromatic heterocycles. The van der Waals surface area contributed by atoms with Crippen molar-refractivity contribution in [3.63, 3.8) is 0 Å². The zero-order valence-corrected chi connectivity index (χ0v) is 14.2. The summed E-state index contributed by atoms with van der Waals surface area (Å²) < 4.78 is 13.1. The van der Waals surface area contributed by atoms with E-state index in [-0.39, 0.29) is 17.8 Å². The summed E-state index contributed by atoms with van der Waals surface area (Å²) >= 11 is 0. The summed E-state index contributed by atoms with van der Waals surface area (Å²) in [5.74, 6) is -0.271. The zero-order chi connectivity index (χ0) is 16.9. The van der Waals surface area contributed by atoms with Crippen molar-refractivity contribution in [1.82, 2.24) is 10.3 Å². The molecule has 1 heterocycles. The van der Waals surface area contributed by atoms with Gasteiger partial charge in [0.2, 0.25) is 0 Å². The minimum atomic E-state index is -0.260. The molecule has 2 aromatic rings. The highest BCUT2D eigenvalue weighted by molar-refractivity contribution is 5.97. The van der Waals surface area contributed by atoms with Crippen LogP contribution in [0.3, 0.4) is 0 Å². The van der Waals surface area contributed by atoms with Crippen molar-refractivity contribution < 1.29 is 9.18 Å². The van der Waals surface area contributed by atoms with Gasteiger partial charge in [0.15, 0.2) is 0 Å². The van der Waals surface area contributed by atoms with Crippen molar-refractivity contribution in [2.45, 2.75) is 57.9 Å². The van der Waals surface area contributed by atoms with Gasteiger partial charge in [0, 0.05) is 17.4 Å². The first-order chi connectivity index (χ1) is 11.6. The molecule has 24 heavy (non-hydrogen) atoms. The van der Waals surface area contributed by atoms with Crippen LogP contribution in [0.4, 0.5) is 4.39 Å². The first kappa shape index (κ1) is 16.7. The molecule has 1 saturated carbocycles. The first-order valence-corrected chi connectivity index (χ1v) is 8.90. The van der Waals surface area contributed by atoms with Gasteiger partial charge in [-0.05, 0) is 55.7 Å².